The van der Waals surface area contributed by atoms with Gasteiger partial charge in [-0.3, -0.25) is 4.98 Å². The van der Waals surface area contributed by atoms with E-state index in [1.807, 2.05) is 17.5 Å². The first-order chi connectivity index (χ1) is 25.7. The minimum Gasteiger partial charge on any atom is -0.311 e. The zero-order valence-corrected chi connectivity index (χ0v) is 29.1. The standard InChI is InChI=1S/C49H32N2S/c1-3-9-38-29-40(15-13-33(38)7-1)35-17-23-42(24-18-35)51(43-25-19-36(20-26-43)41-16-14-34-8-2-4-10-39(34)30-41)44-27-21-37(22-28-44)47-31-49-46(32-50-47)45-11-5-6-12-48(45)52-49/h1-32H. The van der Waals surface area contributed by atoms with Gasteiger partial charge >= 0.3 is 0 Å². The topological polar surface area (TPSA) is 16.1 Å². The molecule has 3 heteroatoms. The van der Waals surface area contributed by atoms with Crippen molar-refractivity contribution >= 4 is 70.1 Å². The van der Waals surface area contributed by atoms with Gasteiger partial charge in [-0.15, -0.1) is 11.3 Å². The molecular weight excluding hydrogens is 649 g/mol. The molecule has 2 heterocycles. The van der Waals surface area contributed by atoms with Crippen LogP contribution >= 0.6 is 11.3 Å². The summed E-state index contributed by atoms with van der Waals surface area (Å²) in [5, 5.41) is 7.49. The summed E-state index contributed by atoms with van der Waals surface area (Å²) in [7, 11) is 0. The van der Waals surface area contributed by atoms with E-state index < -0.39 is 0 Å². The molecule has 0 aliphatic heterocycles. The Bertz CT molecular complexity index is 2760. The molecule has 2 aromatic heterocycles. The molecule has 0 aliphatic carbocycles. The Morgan fingerprint density at radius 3 is 1.37 bits per heavy atom. The van der Waals surface area contributed by atoms with Crippen molar-refractivity contribution in [3.63, 3.8) is 0 Å². The lowest BCUT2D eigenvalue weighted by molar-refractivity contribution is 1.28. The van der Waals surface area contributed by atoms with Crippen molar-refractivity contribution in [1.29, 1.82) is 0 Å². The number of hydrogen-bond acceptors (Lipinski definition) is 3. The average Bonchev–Trinajstić information content (AvgIpc) is 3.59. The second kappa shape index (κ2) is 12.6. The zero-order valence-electron chi connectivity index (χ0n) is 28.3. The van der Waals surface area contributed by atoms with Gasteiger partial charge in [-0.05, 0) is 104 Å². The Kier molecular flexibility index (Phi) is 7.37. The van der Waals surface area contributed by atoms with Gasteiger partial charge in [0.2, 0.25) is 0 Å². The van der Waals surface area contributed by atoms with Crippen molar-refractivity contribution in [3.05, 3.63) is 194 Å². The highest BCUT2D eigenvalue weighted by molar-refractivity contribution is 7.25. The summed E-state index contributed by atoms with van der Waals surface area (Å²) in [4.78, 5) is 7.23. The van der Waals surface area contributed by atoms with Crippen LogP contribution in [-0.4, -0.2) is 4.98 Å². The summed E-state index contributed by atoms with van der Waals surface area (Å²) >= 11 is 1.82. The first-order valence-corrected chi connectivity index (χ1v) is 18.4. The first-order valence-electron chi connectivity index (χ1n) is 17.6. The third kappa shape index (κ3) is 5.49. The largest absolute Gasteiger partial charge is 0.311 e. The summed E-state index contributed by atoms with van der Waals surface area (Å²) in [5.41, 5.74) is 10.2. The molecule has 52 heavy (non-hydrogen) atoms. The van der Waals surface area contributed by atoms with Crippen molar-refractivity contribution in [2.75, 3.05) is 4.90 Å². The fraction of sp³-hybridized carbons (Fsp3) is 0. The molecule has 0 aliphatic rings. The fourth-order valence-electron chi connectivity index (χ4n) is 7.35. The highest BCUT2D eigenvalue weighted by Crippen LogP contribution is 2.39. The molecule has 0 atom stereocenters. The minimum atomic E-state index is 0.983. The molecule has 10 aromatic rings. The van der Waals surface area contributed by atoms with Crippen molar-refractivity contribution in [1.82, 2.24) is 4.98 Å². The summed E-state index contributed by atoms with van der Waals surface area (Å²) in [5.74, 6) is 0. The summed E-state index contributed by atoms with van der Waals surface area (Å²) < 4.78 is 2.55. The van der Waals surface area contributed by atoms with Crippen LogP contribution < -0.4 is 4.90 Å². The number of hydrogen-bond donors (Lipinski definition) is 0. The summed E-state index contributed by atoms with van der Waals surface area (Å²) in [6, 6.07) is 67.9. The smallest absolute Gasteiger partial charge is 0.0716 e. The maximum absolute atomic E-state index is 4.90. The first kappa shape index (κ1) is 30.3. The molecule has 0 fully saturated rings. The SMILES string of the molecule is c1ccc2cc(-c3ccc(N(c4ccc(-c5ccc6ccccc6c5)cc4)c4ccc(-c5cc6sc7ccccc7c6cn5)cc4)cc3)ccc2c1. The summed E-state index contributed by atoms with van der Waals surface area (Å²) in [6.45, 7) is 0. The van der Waals surface area contributed by atoms with E-state index in [-0.39, 0.29) is 0 Å². The average molecular weight is 681 g/mol. The molecule has 0 N–H and O–H groups in total. The van der Waals surface area contributed by atoms with E-state index in [0.717, 1.165) is 28.3 Å². The van der Waals surface area contributed by atoms with E-state index in [1.54, 1.807) is 0 Å². The minimum absolute atomic E-state index is 0.983. The third-order valence-corrected chi connectivity index (χ3v) is 11.2. The van der Waals surface area contributed by atoms with E-state index in [1.165, 1.54) is 64.0 Å². The van der Waals surface area contributed by atoms with Gasteiger partial charge in [0.1, 0.15) is 0 Å². The second-order valence-corrected chi connectivity index (χ2v) is 14.3. The Labute approximate surface area is 306 Å². The third-order valence-electron chi connectivity index (χ3n) is 10.1. The van der Waals surface area contributed by atoms with E-state index in [2.05, 4.69) is 193 Å². The fourth-order valence-corrected chi connectivity index (χ4v) is 8.46. The van der Waals surface area contributed by atoms with Gasteiger partial charge in [0.25, 0.3) is 0 Å². The number of thiophene rings is 1. The number of nitrogens with zero attached hydrogens (tertiary/aromatic N) is 2. The van der Waals surface area contributed by atoms with Crippen LogP contribution in [0, 0.1) is 0 Å². The Morgan fingerprint density at radius 2 is 0.808 bits per heavy atom. The van der Waals surface area contributed by atoms with Gasteiger partial charge in [0.05, 0.1) is 5.69 Å². The van der Waals surface area contributed by atoms with Crippen LogP contribution in [0.2, 0.25) is 0 Å². The molecule has 8 aromatic carbocycles. The van der Waals surface area contributed by atoms with Crippen LogP contribution in [0.5, 0.6) is 0 Å². The maximum atomic E-state index is 4.90. The summed E-state index contributed by atoms with van der Waals surface area (Å²) in [6.07, 6.45) is 2.03. The lowest BCUT2D eigenvalue weighted by Gasteiger charge is -2.26. The molecule has 0 spiro atoms. The molecule has 0 bridgehead atoms. The quantitative estimate of drug-likeness (QED) is 0.174. The predicted molar refractivity (Wildman–Crippen MR) is 223 cm³/mol. The molecule has 0 unspecified atom stereocenters. The molecule has 2 nitrogen and oxygen atoms in total. The number of fused-ring (bicyclic) bond motifs is 5. The van der Waals surface area contributed by atoms with E-state index in [4.69, 9.17) is 4.98 Å². The van der Waals surface area contributed by atoms with Crippen LogP contribution in [-0.2, 0) is 0 Å². The predicted octanol–water partition coefficient (Wildman–Crippen LogP) is 14.2. The van der Waals surface area contributed by atoms with Crippen molar-refractivity contribution in [2.45, 2.75) is 0 Å². The number of aromatic nitrogens is 1. The van der Waals surface area contributed by atoms with Gasteiger partial charge in [-0.2, -0.15) is 0 Å². The maximum Gasteiger partial charge on any atom is 0.0716 e. The molecule has 0 radical (unpaired) electrons. The molecule has 244 valence electrons. The van der Waals surface area contributed by atoms with E-state index >= 15 is 0 Å². The van der Waals surface area contributed by atoms with Gasteiger partial charge in [0, 0.05) is 49.0 Å². The number of anilines is 3. The van der Waals surface area contributed by atoms with Gasteiger partial charge in [0.15, 0.2) is 0 Å². The van der Waals surface area contributed by atoms with Crippen LogP contribution in [0.4, 0.5) is 17.1 Å². The monoisotopic (exact) mass is 680 g/mol. The van der Waals surface area contributed by atoms with E-state index in [0.29, 0.717) is 0 Å². The number of rotatable bonds is 6. The van der Waals surface area contributed by atoms with Crippen LogP contribution in [0.25, 0.3) is 75.2 Å². The van der Waals surface area contributed by atoms with Gasteiger partial charge in [-0.25, -0.2) is 0 Å². The molecular formula is C49H32N2S. The van der Waals surface area contributed by atoms with Crippen molar-refractivity contribution in [2.24, 2.45) is 0 Å². The number of benzene rings is 8. The Balaban J connectivity index is 1.02. The van der Waals surface area contributed by atoms with Crippen LogP contribution in [0.15, 0.2) is 194 Å². The van der Waals surface area contributed by atoms with Gasteiger partial charge < -0.3 is 4.90 Å². The molecule has 0 amide bonds. The van der Waals surface area contributed by atoms with Crippen LogP contribution in [0.1, 0.15) is 0 Å². The molecule has 0 saturated carbocycles. The van der Waals surface area contributed by atoms with Crippen molar-refractivity contribution < 1.29 is 0 Å². The lowest BCUT2D eigenvalue weighted by atomic mass is 10.00. The highest BCUT2D eigenvalue weighted by Gasteiger charge is 2.15. The highest BCUT2D eigenvalue weighted by atomic mass is 32.1. The number of pyridine rings is 1. The molecule has 10 rings (SSSR count). The Morgan fingerprint density at radius 1 is 0.346 bits per heavy atom. The van der Waals surface area contributed by atoms with Crippen LogP contribution in [0.3, 0.4) is 0 Å². The molecule has 0 saturated heterocycles. The lowest BCUT2D eigenvalue weighted by Crippen LogP contribution is -2.09. The normalized spacial score (nSPS) is 11.5. The van der Waals surface area contributed by atoms with Crippen molar-refractivity contribution in [3.8, 4) is 33.5 Å². The Hall–Kier alpha value is -6.55. The second-order valence-electron chi connectivity index (χ2n) is 13.3. The van der Waals surface area contributed by atoms with E-state index in [9.17, 15) is 0 Å². The zero-order chi connectivity index (χ0) is 34.4. The van der Waals surface area contributed by atoms with Gasteiger partial charge in [-0.1, -0.05) is 127 Å².